The summed E-state index contributed by atoms with van der Waals surface area (Å²) in [6.45, 7) is 1.84. The van der Waals surface area contributed by atoms with Crippen LogP contribution in [0.15, 0.2) is 61.1 Å². The molecule has 0 saturated carbocycles. The highest BCUT2D eigenvalue weighted by molar-refractivity contribution is 5.65. The molecule has 0 saturated heterocycles. The summed E-state index contributed by atoms with van der Waals surface area (Å²) in [6, 6.07) is 14.3. The first-order valence-corrected chi connectivity index (χ1v) is 7.06. The molecule has 0 bridgehead atoms. The number of imidazole rings is 1. The molecule has 106 valence electrons. The predicted octanol–water partition coefficient (Wildman–Crippen LogP) is 2.83. The number of hydrogen-bond acceptors (Lipinski definition) is 3. The lowest BCUT2D eigenvalue weighted by Gasteiger charge is -2.08. The number of aromatic nitrogens is 3. The van der Waals surface area contributed by atoms with E-state index in [0.717, 1.165) is 35.7 Å². The molecule has 3 rings (SSSR count). The number of likely N-dealkylation sites (N-methyl/N-ethyl adjacent to an activating group) is 1. The molecule has 1 N–H and O–H groups in total. The van der Waals surface area contributed by atoms with Crippen molar-refractivity contribution in [3.8, 4) is 22.6 Å². The van der Waals surface area contributed by atoms with Gasteiger partial charge in [-0.3, -0.25) is 4.98 Å². The van der Waals surface area contributed by atoms with Crippen molar-refractivity contribution in [3.63, 3.8) is 0 Å². The number of benzene rings is 1. The maximum atomic E-state index is 4.46. The smallest absolute Gasteiger partial charge is 0.139 e. The summed E-state index contributed by atoms with van der Waals surface area (Å²) in [5.41, 5.74) is 3.23. The molecule has 1 aromatic carbocycles. The molecule has 0 amide bonds. The molecular formula is C17H18N4. The van der Waals surface area contributed by atoms with E-state index in [1.54, 1.807) is 0 Å². The van der Waals surface area contributed by atoms with E-state index in [4.69, 9.17) is 0 Å². The van der Waals surface area contributed by atoms with Gasteiger partial charge in [-0.1, -0.05) is 30.3 Å². The molecule has 21 heavy (non-hydrogen) atoms. The Morgan fingerprint density at radius 3 is 2.48 bits per heavy atom. The summed E-state index contributed by atoms with van der Waals surface area (Å²) in [7, 11) is 1.96. The van der Waals surface area contributed by atoms with Gasteiger partial charge >= 0.3 is 0 Å². The van der Waals surface area contributed by atoms with E-state index in [0.29, 0.717) is 0 Å². The van der Waals surface area contributed by atoms with Crippen molar-refractivity contribution in [3.05, 3.63) is 61.1 Å². The predicted molar refractivity (Wildman–Crippen MR) is 84.8 cm³/mol. The van der Waals surface area contributed by atoms with Crippen molar-refractivity contribution in [1.29, 1.82) is 0 Å². The summed E-state index contributed by atoms with van der Waals surface area (Å²) >= 11 is 0. The Hall–Kier alpha value is -2.46. The quantitative estimate of drug-likeness (QED) is 0.780. The molecular weight excluding hydrogens is 260 g/mol. The SMILES string of the molecule is CNCCn1ccnc1-c1ccc(-c2ccccn2)cc1. The van der Waals surface area contributed by atoms with Crippen LogP contribution in [0, 0.1) is 0 Å². The van der Waals surface area contributed by atoms with Gasteiger partial charge in [0, 0.05) is 42.8 Å². The number of nitrogens with zero attached hydrogens (tertiary/aromatic N) is 3. The molecule has 0 unspecified atom stereocenters. The van der Waals surface area contributed by atoms with Gasteiger partial charge in [0.2, 0.25) is 0 Å². The van der Waals surface area contributed by atoms with Gasteiger partial charge in [0.25, 0.3) is 0 Å². The minimum absolute atomic E-state index is 0.911. The van der Waals surface area contributed by atoms with Crippen molar-refractivity contribution in [2.45, 2.75) is 6.54 Å². The lowest BCUT2D eigenvalue weighted by atomic mass is 10.1. The van der Waals surface area contributed by atoms with Crippen molar-refractivity contribution < 1.29 is 0 Å². The second kappa shape index (κ2) is 6.33. The Labute approximate surface area is 124 Å². The van der Waals surface area contributed by atoms with E-state index >= 15 is 0 Å². The first-order chi connectivity index (χ1) is 10.4. The summed E-state index contributed by atoms with van der Waals surface area (Å²) in [4.78, 5) is 8.83. The van der Waals surface area contributed by atoms with Crippen LogP contribution in [0.4, 0.5) is 0 Å². The second-order valence-electron chi connectivity index (χ2n) is 4.84. The number of hydrogen-bond donors (Lipinski definition) is 1. The van der Waals surface area contributed by atoms with Crippen LogP contribution in [0.5, 0.6) is 0 Å². The van der Waals surface area contributed by atoms with E-state index < -0.39 is 0 Å². The van der Waals surface area contributed by atoms with Gasteiger partial charge in [-0.2, -0.15) is 0 Å². The van der Waals surface area contributed by atoms with Crippen LogP contribution >= 0.6 is 0 Å². The lowest BCUT2D eigenvalue weighted by molar-refractivity contribution is 0.649. The molecule has 0 fully saturated rings. The van der Waals surface area contributed by atoms with E-state index in [1.165, 1.54) is 0 Å². The van der Waals surface area contributed by atoms with Crippen LogP contribution in [-0.4, -0.2) is 28.1 Å². The van der Waals surface area contributed by atoms with Gasteiger partial charge in [-0.15, -0.1) is 0 Å². The van der Waals surface area contributed by atoms with Gasteiger partial charge in [0.1, 0.15) is 5.82 Å². The first-order valence-electron chi connectivity index (χ1n) is 7.06. The Morgan fingerprint density at radius 1 is 0.952 bits per heavy atom. The Bertz CT molecular complexity index is 686. The molecule has 0 aliphatic heterocycles. The molecule has 0 aliphatic rings. The van der Waals surface area contributed by atoms with Crippen molar-refractivity contribution >= 4 is 0 Å². The van der Waals surface area contributed by atoms with Gasteiger partial charge in [-0.05, 0) is 19.2 Å². The van der Waals surface area contributed by atoms with E-state index in [2.05, 4.69) is 44.1 Å². The van der Waals surface area contributed by atoms with Gasteiger partial charge in [0.05, 0.1) is 5.69 Å². The topological polar surface area (TPSA) is 42.7 Å². The van der Waals surface area contributed by atoms with Gasteiger partial charge in [0.15, 0.2) is 0 Å². The third-order valence-corrected chi connectivity index (χ3v) is 3.42. The van der Waals surface area contributed by atoms with E-state index in [-0.39, 0.29) is 0 Å². The van der Waals surface area contributed by atoms with Crippen LogP contribution in [0.2, 0.25) is 0 Å². The molecule has 0 radical (unpaired) electrons. The highest BCUT2D eigenvalue weighted by Crippen LogP contribution is 2.22. The van der Waals surface area contributed by atoms with Crippen LogP contribution in [0.3, 0.4) is 0 Å². The van der Waals surface area contributed by atoms with Crippen molar-refractivity contribution in [2.24, 2.45) is 0 Å². The first kappa shape index (κ1) is 13.5. The average molecular weight is 278 g/mol. The fraction of sp³-hybridized carbons (Fsp3) is 0.176. The highest BCUT2D eigenvalue weighted by atomic mass is 15.1. The Kier molecular flexibility index (Phi) is 4.07. The number of rotatable bonds is 5. The average Bonchev–Trinajstić information content (AvgIpc) is 3.02. The van der Waals surface area contributed by atoms with Crippen LogP contribution < -0.4 is 5.32 Å². The summed E-state index contributed by atoms with van der Waals surface area (Å²) in [6.07, 6.45) is 5.67. The zero-order valence-electron chi connectivity index (χ0n) is 12.0. The van der Waals surface area contributed by atoms with E-state index in [9.17, 15) is 0 Å². The molecule has 0 atom stereocenters. The largest absolute Gasteiger partial charge is 0.330 e. The summed E-state index contributed by atoms with van der Waals surface area (Å²) in [5.74, 6) is 0.998. The monoisotopic (exact) mass is 278 g/mol. The zero-order valence-corrected chi connectivity index (χ0v) is 12.0. The lowest BCUT2D eigenvalue weighted by Crippen LogP contribution is -2.15. The summed E-state index contributed by atoms with van der Waals surface area (Å²) in [5, 5.41) is 3.16. The fourth-order valence-corrected chi connectivity index (χ4v) is 2.31. The molecule has 3 aromatic rings. The molecule has 0 aliphatic carbocycles. The molecule has 2 aromatic heterocycles. The maximum absolute atomic E-state index is 4.46. The third-order valence-electron chi connectivity index (χ3n) is 3.42. The zero-order chi connectivity index (χ0) is 14.5. The maximum Gasteiger partial charge on any atom is 0.139 e. The van der Waals surface area contributed by atoms with Crippen molar-refractivity contribution in [2.75, 3.05) is 13.6 Å². The van der Waals surface area contributed by atoms with Crippen LogP contribution in [-0.2, 0) is 6.54 Å². The summed E-state index contributed by atoms with van der Waals surface area (Å²) < 4.78 is 2.16. The normalized spacial score (nSPS) is 10.7. The number of nitrogens with one attached hydrogen (secondary N) is 1. The van der Waals surface area contributed by atoms with Crippen LogP contribution in [0.1, 0.15) is 0 Å². The van der Waals surface area contributed by atoms with Gasteiger partial charge in [-0.25, -0.2) is 4.98 Å². The van der Waals surface area contributed by atoms with E-state index in [1.807, 2.05) is 43.8 Å². The minimum Gasteiger partial charge on any atom is -0.330 e. The Morgan fingerprint density at radius 2 is 1.76 bits per heavy atom. The fourth-order valence-electron chi connectivity index (χ4n) is 2.31. The van der Waals surface area contributed by atoms with Crippen LogP contribution in [0.25, 0.3) is 22.6 Å². The minimum atomic E-state index is 0.911. The molecule has 2 heterocycles. The third kappa shape index (κ3) is 3.01. The second-order valence-corrected chi connectivity index (χ2v) is 4.84. The van der Waals surface area contributed by atoms with Crippen molar-refractivity contribution in [1.82, 2.24) is 19.9 Å². The highest BCUT2D eigenvalue weighted by Gasteiger charge is 2.06. The molecule has 4 nitrogen and oxygen atoms in total. The number of pyridine rings is 1. The molecule has 0 spiro atoms. The van der Waals surface area contributed by atoms with Gasteiger partial charge < -0.3 is 9.88 Å². The Balaban J connectivity index is 1.86. The standard InChI is InChI=1S/C17H18N4/c1-18-10-12-21-13-11-20-17(21)15-7-5-14(6-8-15)16-4-2-3-9-19-16/h2-9,11,13,18H,10,12H2,1H3. The molecule has 4 heteroatoms.